The summed E-state index contributed by atoms with van der Waals surface area (Å²) in [7, 11) is -3.16. The van der Waals surface area contributed by atoms with E-state index in [0.29, 0.717) is 44.1 Å². The standard InChI is InChI=1S/C14H27NO3S/c1-11(2)13-5-4-12(3)10-14(13)19(16,17)15-6-8-18-9-7-15/h11-14H,4-10H2,1-3H3. The summed E-state index contributed by atoms with van der Waals surface area (Å²) in [5.41, 5.74) is 0. The molecule has 0 spiro atoms. The van der Waals surface area contributed by atoms with Crippen LogP contribution in [0.1, 0.15) is 40.0 Å². The van der Waals surface area contributed by atoms with E-state index in [2.05, 4.69) is 20.8 Å². The molecule has 19 heavy (non-hydrogen) atoms. The first kappa shape index (κ1) is 15.3. The molecule has 0 amide bonds. The van der Waals surface area contributed by atoms with Crippen LogP contribution in [0.3, 0.4) is 0 Å². The van der Waals surface area contributed by atoms with E-state index in [1.54, 1.807) is 4.31 Å². The molecule has 1 aliphatic heterocycles. The molecule has 0 N–H and O–H groups in total. The first-order chi connectivity index (χ1) is 8.93. The van der Waals surface area contributed by atoms with Crippen LogP contribution in [-0.2, 0) is 14.8 Å². The minimum Gasteiger partial charge on any atom is -0.379 e. The number of hydrogen-bond acceptors (Lipinski definition) is 3. The van der Waals surface area contributed by atoms with Gasteiger partial charge in [0.15, 0.2) is 0 Å². The van der Waals surface area contributed by atoms with Crippen LogP contribution in [0.15, 0.2) is 0 Å². The Morgan fingerprint density at radius 2 is 1.79 bits per heavy atom. The first-order valence-electron chi connectivity index (χ1n) is 7.49. The van der Waals surface area contributed by atoms with E-state index in [-0.39, 0.29) is 5.25 Å². The zero-order valence-electron chi connectivity index (χ0n) is 12.3. The Morgan fingerprint density at radius 3 is 2.37 bits per heavy atom. The van der Waals surface area contributed by atoms with E-state index < -0.39 is 10.0 Å². The predicted molar refractivity (Wildman–Crippen MR) is 76.4 cm³/mol. The van der Waals surface area contributed by atoms with Crippen LogP contribution >= 0.6 is 0 Å². The molecule has 0 bridgehead atoms. The average molecular weight is 289 g/mol. The van der Waals surface area contributed by atoms with Crippen molar-refractivity contribution in [2.75, 3.05) is 26.3 Å². The summed E-state index contributed by atoms with van der Waals surface area (Å²) >= 11 is 0. The van der Waals surface area contributed by atoms with E-state index >= 15 is 0 Å². The highest BCUT2D eigenvalue weighted by Gasteiger charge is 2.42. The van der Waals surface area contributed by atoms with E-state index in [9.17, 15) is 8.42 Å². The molecule has 5 heteroatoms. The predicted octanol–water partition coefficient (Wildman–Crippen LogP) is 2.11. The van der Waals surface area contributed by atoms with Crippen LogP contribution in [0.25, 0.3) is 0 Å². The average Bonchev–Trinajstić information content (AvgIpc) is 2.39. The maximum atomic E-state index is 12.9. The van der Waals surface area contributed by atoms with Gasteiger partial charge in [-0.25, -0.2) is 8.42 Å². The van der Waals surface area contributed by atoms with E-state index in [1.807, 2.05) is 0 Å². The minimum absolute atomic E-state index is 0.186. The van der Waals surface area contributed by atoms with Gasteiger partial charge in [0.25, 0.3) is 0 Å². The van der Waals surface area contributed by atoms with Crippen molar-refractivity contribution in [3.05, 3.63) is 0 Å². The fourth-order valence-electron chi connectivity index (χ4n) is 3.45. The largest absolute Gasteiger partial charge is 0.379 e. The molecule has 112 valence electrons. The monoisotopic (exact) mass is 289 g/mol. The Kier molecular flexibility index (Phi) is 4.90. The van der Waals surface area contributed by atoms with Gasteiger partial charge >= 0.3 is 0 Å². The summed E-state index contributed by atoms with van der Waals surface area (Å²) < 4.78 is 32.7. The van der Waals surface area contributed by atoms with Gasteiger partial charge in [0, 0.05) is 13.1 Å². The topological polar surface area (TPSA) is 46.6 Å². The van der Waals surface area contributed by atoms with Crippen LogP contribution in [0.2, 0.25) is 0 Å². The van der Waals surface area contributed by atoms with Gasteiger partial charge in [-0.15, -0.1) is 0 Å². The van der Waals surface area contributed by atoms with Gasteiger partial charge in [0.1, 0.15) is 0 Å². The smallest absolute Gasteiger partial charge is 0.217 e. The SMILES string of the molecule is CC1CCC(C(C)C)C(S(=O)(=O)N2CCOCC2)C1. The molecule has 0 radical (unpaired) electrons. The van der Waals surface area contributed by atoms with Crippen LogP contribution in [0.4, 0.5) is 0 Å². The lowest BCUT2D eigenvalue weighted by Gasteiger charge is -2.40. The molecule has 1 saturated heterocycles. The summed E-state index contributed by atoms with van der Waals surface area (Å²) in [6, 6.07) is 0. The summed E-state index contributed by atoms with van der Waals surface area (Å²) in [6.45, 7) is 8.61. The summed E-state index contributed by atoms with van der Waals surface area (Å²) in [5, 5.41) is -0.186. The molecule has 4 nitrogen and oxygen atoms in total. The number of ether oxygens (including phenoxy) is 1. The molecule has 3 unspecified atom stereocenters. The van der Waals surface area contributed by atoms with Crippen molar-refractivity contribution in [1.82, 2.24) is 4.31 Å². The molecule has 2 rings (SSSR count). The highest BCUT2D eigenvalue weighted by Crippen LogP contribution is 2.38. The Bertz CT molecular complexity index is 387. The van der Waals surface area contributed by atoms with Crippen LogP contribution in [0, 0.1) is 17.8 Å². The normalized spacial score (nSPS) is 34.6. The second-order valence-electron chi connectivity index (χ2n) is 6.42. The number of hydrogen-bond donors (Lipinski definition) is 0. The molecule has 2 aliphatic rings. The Hall–Kier alpha value is -0.130. The number of morpholine rings is 1. The van der Waals surface area contributed by atoms with Gasteiger partial charge in [0.05, 0.1) is 18.5 Å². The third-order valence-electron chi connectivity index (χ3n) is 4.67. The third-order valence-corrected chi connectivity index (χ3v) is 7.07. The molecule has 0 aromatic rings. The van der Waals surface area contributed by atoms with Gasteiger partial charge in [-0.2, -0.15) is 4.31 Å². The van der Waals surface area contributed by atoms with Gasteiger partial charge < -0.3 is 4.74 Å². The Morgan fingerprint density at radius 1 is 1.16 bits per heavy atom. The molecular formula is C14H27NO3S. The zero-order chi connectivity index (χ0) is 14.0. The maximum absolute atomic E-state index is 12.9. The van der Waals surface area contributed by atoms with Gasteiger partial charge in [-0.3, -0.25) is 0 Å². The summed E-state index contributed by atoms with van der Waals surface area (Å²) in [6.07, 6.45) is 3.04. The lowest BCUT2D eigenvalue weighted by molar-refractivity contribution is 0.0713. The number of nitrogens with zero attached hydrogens (tertiary/aromatic N) is 1. The second-order valence-corrected chi connectivity index (χ2v) is 8.57. The summed E-state index contributed by atoms with van der Waals surface area (Å²) in [5.74, 6) is 1.27. The molecule has 1 heterocycles. The number of rotatable bonds is 3. The van der Waals surface area contributed by atoms with Crippen molar-refractivity contribution >= 4 is 10.0 Å². The Balaban J connectivity index is 2.19. The van der Waals surface area contributed by atoms with E-state index in [4.69, 9.17) is 4.74 Å². The van der Waals surface area contributed by atoms with Crippen molar-refractivity contribution in [2.45, 2.75) is 45.3 Å². The molecule has 1 aliphatic carbocycles. The molecule has 0 aromatic carbocycles. The quantitative estimate of drug-likeness (QED) is 0.799. The molecule has 2 fully saturated rings. The highest BCUT2D eigenvalue weighted by molar-refractivity contribution is 7.89. The van der Waals surface area contributed by atoms with Gasteiger partial charge in [0.2, 0.25) is 10.0 Å². The lowest BCUT2D eigenvalue weighted by Crippen LogP contribution is -2.49. The minimum atomic E-state index is -3.16. The van der Waals surface area contributed by atoms with Crippen LogP contribution < -0.4 is 0 Å². The molecule has 0 aromatic heterocycles. The van der Waals surface area contributed by atoms with Crippen molar-refractivity contribution in [2.24, 2.45) is 17.8 Å². The van der Waals surface area contributed by atoms with E-state index in [1.165, 1.54) is 0 Å². The van der Waals surface area contributed by atoms with Crippen molar-refractivity contribution in [1.29, 1.82) is 0 Å². The number of sulfonamides is 1. The fraction of sp³-hybridized carbons (Fsp3) is 1.00. The zero-order valence-corrected chi connectivity index (χ0v) is 13.2. The third kappa shape index (κ3) is 3.31. The maximum Gasteiger partial charge on any atom is 0.217 e. The highest BCUT2D eigenvalue weighted by atomic mass is 32.2. The first-order valence-corrected chi connectivity index (χ1v) is 9.00. The van der Waals surface area contributed by atoms with Gasteiger partial charge in [-0.05, 0) is 30.6 Å². The van der Waals surface area contributed by atoms with Gasteiger partial charge in [-0.1, -0.05) is 27.2 Å². The molecule has 1 saturated carbocycles. The molecular weight excluding hydrogens is 262 g/mol. The summed E-state index contributed by atoms with van der Waals surface area (Å²) in [4.78, 5) is 0. The van der Waals surface area contributed by atoms with Crippen LogP contribution in [0.5, 0.6) is 0 Å². The van der Waals surface area contributed by atoms with Crippen molar-refractivity contribution in [3.8, 4) is 0 Å². The van der Waals surface area contributed by atoms with Crippen LogP contribution in [-0.4, -0.2) is 44.3 Å². The van der Waals surface area contributed by atoms with Crippen molar-refractivity contribution < 1.29 is 13.2 Å². The van der Waals surface area contributed by atoms with Crippen molar-refractivity contribution in [3.63, 3.8) is 0 Å². The fourth-order valence-corrected chi connectivity index (χ4v) is 5.95. The lowest BCUT2D eigenvalue weighted by atomic mass is 9.77. The molecule has 3 atom stereocenters. The van der Waals surface area contributed by atoms with E-state index in [0.717, 1.165) is 19.3 Å². The Labute approximate surface area is 117 Å². The second kappa shape index (κ2) is 6.10.